The fraction of sp³-hybridized carbons (Fsp3) is 0.292. The summed E-state index contributed by atoms with van der Waals surface area (Å²) in [7, 11) is 0. The van der Waals surface area contributed by atoms with Gasteiger partial charge < -0.3 is 10.1 Å². The van der Waals surface area contributed by atoms with Crippen molar-refractivity contribution >= 4 is 27.3 Å². The average Bonchev–Trinajstić information content (AvgIpc) is 3.15. The molecule has 3 nitrogen and oxygen atoms in total. The van der Waals surface area contributed by atoms with Gasteiger partial charge in [0.25, 0.3) is 0 Å². The molecular formula is C48H52IrNO2-. The standard InChI is InChI=1S/C35H28N.C13H24O2.Ir/c1-35(2,3)29-17-15-24(16-18-29)25-19-20-36-34(23-25)28-11-8-10-26(21-28)33-22-27-9-4-5-12-30(27)31-13-6-7-14-32(31)33;1-5-10(6-2)12(14)9-13(15)11(7-3)8-4;/h4-10,12-23H,1-3H3;9-11,14H,5-8H2,1-4H3;/q-1;;/b;12-9-;. The Hall–Kier alpha value is -4.37. The summed E-state index contributed by atoms with van der Waals surface area (Å²) in [5.41, 5.74) is 8.17. The zero-order valence-corrected chi connectivity index (χ0v) is 34.1. The normalized spacial score (nSPS) is 11.8. The molecule has 4 heteroatoms. The first-order valence-corrected chi connectivity index (χ1v) is 18.5. The van der Waals surface area contributed by atoms with Crippen LogP contribution in [-0.2, 0) is 30.3 Å². The minimum atomic E-state index is 0. The summed E-state index contributed by atoms with van der Waals surface area (Å²) in [6, 6.07) is 42.5. The van der Waals surface area contributed by atoms with Crippen molar-refractivity contribution in [1.29, 1.82) is 0 Å². The van der Waals surface area contributed by atoms with Crippen molar-refractivity contribution in [2.75, 3.05) is 0 Å². The Balaban J connectivity index is 0.000000323. The fourth-order valence-corrected chi connectivity index (χ4v) is 6.77. The van der Waals surface area contributed by atoms with Crippen molar-refractivity contribution in [3.8, 4) is 33.5 Å². The molecule has 0 unspecified atom stereocenters. The number of pyridine rings is 1. The van der Waals surface area contributed by atoms with Crippen LogP contribution in [0.25, 0.3) is 55.1 Å². The summed E-state index contributed by atoms with van der Waals surface area (Å²) < 4.78 is 0. The molecule has 6 rings (SSSR count). The zero-order valence-electron chi connectivity index (χ0n) is 31.7. The van der Waals surface area contributed by atoms with Crippen molar-refractivity contribution in [3.05, 3.63) is 139 Å². The van der Waals surface area contributed by atoms with Gasteiger partial charge in [0.05, 0.1) is 5.76 Å². The van der Waals surface area contributed by atoms with Crippen LogP contribution < -0.4 is 0 Å². The number of nitrogens with zero attached hydrogens (tertiary/aromatic N) is 1. The van der Waals surface area contributed by atoms with Crippen LogP contribution in [0.5, 0.6) is 0 Å². The molecular weight excluding hydrogens is 815 g/mol. The Kier molecular flexibility index (Phi) is 14.3. The summed E-state index contributed by atoms with van der Waals surface area (Å²) in [5, 5.41) is 14.8. The summed E-state index contributed by atoms with van der Waals surface area (Å²) in [5.74, 6) is 0.547. The van der Waals surface area contributed by atoms with E-state index in [-0.39, 0.29) is 48.9 Å². The molecule has 0 aliphatic heterocycles. The van der Waals surface area contributed by atoms with E-state index in [4.69, 9.17) is 4.98 Å². The average molecular weight is 867 g/mol. The first kappa shape index (κ1) is 40.4. The molecule has 0 amide bonds. The van der Waals surface area contributed by atoms with Gasteiger partial charge in [0.1, 0.15) is 0 Å². The third-order valence-corrected chi connectivity index (χ3v) is 10.1. The molecule has 0 aliphatic carbocycles. The maximum Gasteiger partial charge on any atom is 0.162 e. The van der Waals surface area contributed by atoms with E-state index in [1.807, 2.05) is 40.0 Å². The van der Waals surface area contributed by atoms with E-state index in [1.165, 1.54) is 49.9 Å². The van der Waals surface area contributed by atoms with Crippen LogP contribution in [0.1, 0.15) is 79.7 Å². The minimum absolute atomic E-state index is 0. The van der Waals surface area contributed by atoms with Crippen LogP contribution in [0.4, 0.5) is 0 Å². The van der Waals surface area contributed by atoms with Crippen molar-refractivity contribution in [2.45, 2.75) is 79.6 Å². The van der Waals surface area contributed by atoms with Gasteiger partial charge in [0, 0.05) is 44.2 Å². The number of aromatic nitrogens is 1. The molecule has 0 fully saturated rings. The molecule has 1 aromatic heterocycles. The summed E-state index contributed by atoms with van der Waals surface area (Å²) in [6.45, 7) is 14.8. The van der Waals surface area contributed by atoms with Gasteiger partial charge in [-0.1, -0.05) is 127 Å². The van der Waals surface area contributed by atoms with Crippen molar-refractivity contribution in [2.24, 2.45) is 11.8 Å². The first-order valence-electron chi connectivity index (χ1n) is 18.5. The number of allylic oxidation sites excluding steroid dienone is 2. The maximum atomic E-state index is 11.7. The predicted molar refractivity (Wildman–Crippen MR) is 217 cm³/mol. The number of aliphatic hydroxyl groups is 1. The molecule has 0 bridgehead atoms. The number of hydrogen-bond donors (Lipinski definition) is 1. The molecule has 1 heterocycles. The molecule has 1 N–H and O–H groups in total. The number of carbonyl (C=O) groups is 1. The number of ketones is 1. The number of rotatable bonds is 10. The quantitative estimate of drug-likeness (QED) is 0.0646. The van der Waals surface area contributed by atoms with Gasteiger partial charge in [0.2, 0.25) is 0 Å². The SMILES string of the molecule is CC(C)(C)c1ccc(-c2ccnc(-c3[c-]ccc(-c4cc5ccccc5c5ccccc45)c3)c2)cc1.CCC(CC)C(=O)/C=C(\O)C(CC)CC.[Ir]. The van der Waals surface area contributed by atoms with Gasteiger partial charge in [-0.15, -0.1) is 35.4 Å². The fourth-order valence-electron chi connectivity index (χ4n) is 6.77. The molecule has 0 atom stereocenters. The Morgan fingerprint density at radius 2 is 1.33 bits per heavy atom. The van der Waals surface area contributed by atoms with E-state index in [1.54, 1.807) is 0 Å². The predicted octanol–water partition coefficient (Wildman–Crippen LogP) is 13.4. The van der Waals surface area contributed by atoms with Crippen molar-refractivity contribution in [1.82, 2.24) is 4.98 Å². The zero-order chi connectivity index (χ0) is 36.5. The van der Waals surface area contributed by atoms with E-state index < -0.39 is 0 Å². The Morgan fingerprint density at radius 3 is 1.96 bits per heavy atom. The third-order valence-electron chi connectivity index (χ3n) is 10.1. The Labute approximate surface area is 324 Å². The summed E-state index contributed by atoms with van der Waals surface area (Å²) in [6.07, 6.45) is 6.80. The number of carbonyl (C=O) groups excluding carboxylic acids is 1. The molecule has 52 heavy (non-hydrogen) atoms. The summed E-state index contributed by atoms with van der Waals surface area (Å²) in [4.78, 5) is 16.4. The maximum absolute atomic E-state index is 11.7. The number of fused-ring (bicyclic) bond motifs is 3. The molecule has 0 saturated carbocycles. The van der Waals surface area contributed by atoms with Gasteiger partial charge in [-0.2, -0.15) is 0 Å². The molecule has 5 aromatic carbocycles. The smallest absolute Gasteiger partial charge is 0.162 e. The van der Waals surface area contributed by atoms with Crippen LogP contribution in [0.3, 0.4) is 0 Å². The Morgan fingerprint density at radius 1 is 0.712 bits per heavy atom. The van der Waals surface area contributed by atoms with Crippen molar-refractivity contribution in [3.63, 3.8) is 0 Å². The van der Waals surface area contributed by atoms with Gasteiger partial charge >= 0.3 is 0 Å². The van der Waals surface area contributed by atoms with E-state index in [0.717, 1.165) is 42.5 Å². The van der Waals surface area contributed by atoms with Crippen LogP contribution in [-0.4, -0.2) is 15.9 Å². The van der Waals surface area contributed by atoms with E-state index in [2.05, 4.69) is 130 Å². The van der Waals surface area contributed by atoms with Crippen LogP contribution in [0.15, 0.2) is 127 Å². The molecule has 271 valence electrons. The van der Waals surface area contributed by atoms with Gasteiger partial charge in [-0.25, -0.2) is 0 Å². The van der Waals surface area contributed by atoms with E-state index in [0.29, 0.717) is 0 Å². The molecule has 0 aliphatic rings. The van der Waals surface area contributed by atoms with E-state index in [9.17, 15) is 9.90 Å². The second-order valence-electron chi connectivity index (χ2n) is 14.4. The minimum Gasteiger partial charge on any atom is -0.512 e. The molecule has 1 radical (unpaired) electrons. The van der Waals surface area contributed by atoms with Gasteiger partial charge in [-0.05, 0) is 92.7 Å². The molecule has 6 aromatic rings. The summed E-state index contributed by atoms with van der Waals surface area (Å²) >= 11 is 0. The van der Waals surface area contributed by atoms with Crippen LogP contribution in [0.2, 0.25) is 0 Å². The molecule has 0 saturated heterocycles. The monoisotopic (exact) mass is 867 g/mol. The largest absolute Gasteiger partial charge is 0.512 e. The van der Waals surface area contributed by atoms with Crippen LogP contribution in [0, 0.1) is 17.9 Å². The number of hydrogen-bond acceptors (Lipinski definition) is 3. The van der Waals surface area contributed by atoms with E-state index >= 15 is 0 Å². The second kappa shape index (κ2) is 18.4. The third kappa shape index (κ3) is 9.54. The Bertz CT molecular complexity index is 2120. The number of benzene rings is 5. The van der Waals surface area contributed by atoms with Crippen LogP contribution >= 0.6 is 0 Å². The number of aliphatic hydroxyl groups excluding tert-OH is 1. The van der Waals surface area contributed by atoms with Gasteiger partial charge in [-0.3, -0.25) is 4.79 Å². The van der Waals surface area contributed by atoms with Gasteiger partial charge in [0.15, 0.2) is 5.78 Å². The topological polar surface area (TPSA) is 50.2 Å². The second-order valence-corrected chi connectivity index (χ2v) is 14.4. The first-order chi connectivity index (χ1) is 24.6. The molecule has 0 spiro atoms. The van der Waals surface area contributed by atoms with Crippen molar-refractivity contribution < 1.29 is 30.0 Å².